The molecule has 3 rings (SSSR count). The summed E-state index contributed by atoms with van der Waals surface area (Å²) in [5, 5.41) is 0. The van der Waals surface area contributed by atoms with Crippen molar-refractivity contribution in [3.8, 4) is 0 Å². The number of carbonyl (C=O) groups excluding carboxylic acids is 1. The summed E-state index contributed by atoms with van der Waals surface area (Å²) in [7, 11) is 2.00. The monoisotopic (exact) mass is 385 g/mol. The topological polar surface area (TPSA) is 39.3 Å². The maximum absolute atomic E-state index is 12.7. The molecule has 0 atom stereocenters. The van der Waals surface area contributed by atoms with Crippen molar-refractivity contribution >= 4 is 32.7 Å². The van der Waals surface area contributed by atoms with Gasteiger partial charge in [0.15, 0.2) is 5.78 Å². The molecule has 0 saturated carbocycles. The summed E-state index contributed by atoms with van der Waals surface area (Å²) in [6, 6.07) is 15.6. The number of imidazole rings is 1. The second kappa shape index (κ2) is 7.18. The molecule has 24 heavy (non-hydrogen) atoms. The van der Waals surface area contributed by atoms with Crippen LogP contribution in [-0.4, -0.2) is 21.5 Å². The van der Waals surface area contributed by atoms with E-state index in [-0.39, 0.29) is 12.3 Å². The predicted octanol–water partition coefficient (Wildman–Crippen LogP) is 3.94. The fourth-order valence-corrected chi connectivity index (χ4v) is 3.07. The SMILES string of the molecule is CCCN=c1n(C)c2ccccc2n1CC(=O)c1ccc(Br)cc1. The molecular weight excluding hydrogens is 366 g/mol. The normalized spacial score (nSPS) is 12.0. The molecule has 0 unspecified atom stereocenters. The quantitative estimate of drug-likeness (QED) is 0.613. The van der Waals surface area contributed by atoms with E-state index in [1.807, 2.05) is 54.1 Å². The van der Waals surface area contributed by atoms with Crippen LogP contribution >= 0.6 is 15.9 Å². The number of carbonyl (C=O) groups is 1. The second-order valence-electron chi connectivity index (χ2n) is 5.75. The number of Topliss-reactive ketones (excluding diaryl/α,β-unsaturated/α-hetero) is 1. The van der Waals surface area contributed by atoms with Gasteiger partial charge in [0.2, 0.25) is 5.62 Å². The van der Waals surface area contributed by atoms with Crippen LogP contribution in [0.5, 0.6) is 0 Å². The van der Waals surface area contributed by atoms with E-state index in [4.69, 9.17) is 0 Å². The van der Waals surface area contributed by atoms with Crippen molar-refractivity contribution in [2.75, 3.05) is 6.54 Å². The van der Waals surface area contributed by atoms with Crippen LogP contribution in [0.25, 0.3) is 11.0 Å². The van der Waals surface area contributed by atoms with E-state index in [1.165, 1.54) is 0 Å². The summed E-state index contributed by atoms with van der Waals surface area (Å²) in [6.45, 7) is 3.13. The third-order valence-corrected chi connectivity index (χ3v) is 4.55. The van der Waals surface area contributed by atoms with Crippen LogP contribution in [0.2, 0.25) is 0 Å². The Morgan fingerprint density at radius 1 is 1.08 bits per heavy atom. The van der Waals surface area contributed by atoms with Crippen molar-refractivity contribution < 1.29 is 4.79 Å². The predicted molar refractivity (Wildman–Crippen MR) is 100 cm³/mol. The summed E-state index contributed by atoms with van der Waals surface area (Å²) in [5.74, 6) is 0.0804. The van der Waals surface area contributed by atoms with E-state index >= 15 is 0 Å². The Kier molecular flexibility index (Phi) is 5.00. The van der Waals surface area contributed by atoms with Gasteiger partial charge in [-0.25, -0.2) is 0 Å². The Bertz CT molecular complexity index is 935. The van der Waals surface area contributed by atoms with Crippen molar-refractivity contribution in [2.45, 2.75) is 19.9 Å². The standard InChI is InChI=1S/C19H20BrN3O/c1-3-12-21-19-22(2)16-6-4-5-7-17(16)23(19)13-18(24)14-8-10-15(20)11-9-14/h4-11H,3,12-13H2,1-2H3. The number of rotatable bonds is 5. The molecule has 0 aliphatic rings. The van der Waals surface area contributed by atoms with Gasteiger partial charge in [0.05, 0.1) is 17.6 Å². The van der Waals surface area contributed by atoms with Gasteiger partial charge in [0.1, 0.15) is 0 Å². The van der Waals surface area contributed by atoms with Crippen molar-refractivity contribution in [3.05, 3.63) is 64.2 Å². The summed E-state index contributed by atoms with van der Waals surface area (Å²) >= 11 is 3.40. The molecule has 0 aliphatic heterocycles. The van der Waals surface area contributed by atoms with Gasteiger partial charge < -0.3 is 9.13 Å². The first-order valence-electron chi connectivity index (χ1n) is 8.05. The fraction of sp³-hybridized carbons (Fsp3) is 0.263. The molecule has 0 spiro atoms. The van der Waals surface area contributed by atoms with Gasteiger partial charge in [0.25, 0.3) is 0 Å². The first kappa shape index (κ1) is 16.7. The van der Waals surface area contributed by atoms with E-state index in [0.717, 1.165) is 34.1 Å². The number of hydrogen-bond donors (Lipinski definition) is 0. The zero-order valence-corrected chi connectivity index (χ0v) is 15.5. The zero-order chi connectivity index (χ0) is 17.1. The molecule has 2 aromatic carbocycles. The van der Waals surface area contributed by atoms with Gasteiger partial charge in [-0.05, 0) is 30.7 Å². The number of hydrogen-bond acceptors (Lipinski definition) is 2. The Balaban J connectivity index is 2.07. The molecule has 0 aliphatic carbocycles. The zero-order valence-electron chi connectivity index (χ0n) is 13.9. The molecule has 3 aromatic rings. The lowest BCUT2D eigenvalue weighted by atomic mass is 10.1. The second-order valence-corrected chi connectivity index (χ2v) is 6.66. The summed E-state index contributed by atoms with van der Waals surface area (Å²) in [4.78, 5) is 17.4. The summed E-state index contributed by atoms with van der Waals surface area (Å²) in [6.07, 6.45) is 0.974. The lowest BCUT2D eigenvalue weighted by Gasteiger charge is -2.05. The van der Waals surface area contributed by atoms with Gasteiger partial charge in [-0.15, -0.1) is 0 Å². The van der Waals surface area contributed by atoms with Crippen LogP contribution in [0.4, 0.5) is 0 Å². The van der Waals surface area contributed by atoms with Crippen molar-refractivity contribution in [1.82, 2.24) is 9.13 Å². The Morgan fingerprint density at radius 2 is 1.75 bits per heavy atom. The van der Waals surface area contributed by atoms with Crippen LogP contribution in [0, 0.1) is 0 Å². The van der Waals surface area contributed by atoms with E-state index in [9.17, 15) is 4.79 Å². The third-order valence-electron chi connectivity index (χ3n) is 4.02. The number of benzene rings is 2. The Morgan fingerprint density at radius 3 is 2.42 bits per heavy atom. The molecule has 0 N–H and O–H groups in total. The molecule has 0 amide bonds. The van der Waals surface area contributed by atoms with Crippen LogP contribution in [-0.2, 0) is 13.6 Å². The molecule has 1 heterocycles. The van der Waals surface area contributed by atoms with Crippen LogP contribution in [0.15, 0.2) is 58.0 Å². The highest BCUT2D eigenvalue weighted by molar-refractivity contribution is 9.10. The van der Waals surface area contributed by atoms with Gasteiger partial charge in [-0.3, -0.25) is 9.79 Å². The Hall–Kier alpha value is -2.14. The molecule has 0 saturated heterocycles. The smallest absolute Gasteiger partial charge is 0.206 e. The number of halogens is 1. The Labute approximate surface area is 149 Å². The number of fused-ring (bicyclic) bond motifs is 1. The van der Waals surface area contributed by atoms with Crippen LogP contribution in [0.3, 0.4) is 0 Å². The maximum atomic E-state index is 12.7. The minimum Gasteiger partial charge on any atom is -0.313 e. The largest absolute Gasteiger partial charge is 0.313 e. The summed E-state index contributed by atoms with van der Waals surface area (Å²) < 4.78 is 5.03. The molecular formula is C19H20BrN3O. The van der Waals surface area contributed by atoms with Gasteiger partial charge in [-0.2, -0.15) is 0 Å². The lowest BCUT2D eigenvalue weighted by molar-refractivity contribution is 0.0971. The van der Waals surface area contributed by atoms with Crippen molar-refractivity contribution in [1.29, 1.82) is 0 Å². The van der Waals surface area contributed by atoms with Crippen LogP contribution in [0.1, 0.15) is 23.7 Å². The highest BCUT2D eigenvalue weighted by Gasteiger charge is 2.13. The van der Waals surface area contributed by atoms with Gasteiger partial charge in [0, 0.05) is 23.6 Å². The molecule has 1 aromatic heterocycles. The maximum Gasteiger partial charge on any atom is 0.206 e. The van der Waals surface area contributed by atoms with E-state index in [0.29, 0.717) is 5.56 Å². The molecule has 124 valence electrons. The first-order valence-corrected chi connectivity index (χ1v) is 8.84. The van der Waals surface area contributed by atoms with E-state index in [2.05, 4.69) is 38.5 Å². The number of aromatic nitrogens is 2. The van der Waals surface area contributed by atoms with Crippen molar-refractivity contribution in [2.24, 2.45) is 12.0 Å². The first-order chi connectivity index (χ1) is 11.6. The van der Waals surface area contributed by atoms with Crippen LogP contribution < -0.4 is 5.62 Å². The number of para-hydroxylation sites is 2. The minimum absolute atomic E-state index is 0.0804. The molecule has 4 nitrogen and oxygen atoms in total. The van der Waals surface area contributed by atoms with E-state index in [1.54, 1.807) is 0 Å². The molecule has 0 bridgehead atoms. The average molecular weight is 386 g/mol. The summed E-state index contributed by atoms with van der Waals surface area (Å²) in [5.41, 5.74) is 3.65. The van der Waals surface area contributed by atoms with Gasteiger partial charge in [-0.1, -0.05) is 47.1 Å². The highest BCUT2D eigenvalue weighted by atomic mass is 79.9. The highest BCUT2D eigenvalue weighted by Crippen LogP contribution is 2.14. The average Bonchev–Trinajstić information content (AvgIpc) is 2.86. The number of nitrogens with zero attached hydrogens (tertiary/aromatic N) is 3. The minimum atomic E-state index is 0.0804. The van der Waals surface area contributed by atoms with Gasteiger partial charge >= 0.3 is 0 Å². The van der Waals surface area contributed by atoms with E-state index < -0.39 is 0 Å². The third kappa shape index (κ3) is 3.22. The number of ketones is 1. The molecule has 0 fully saturated rings. The number of aryl methyl sites for hydroxylation is 1. The molecule has 0 radical (unpaired) electrons. The fourth-order valence-electron chi connectivity index (χ4n) is 2.80. The van der Waals surface area contributed by atoms with Crippen molar-refractivity contribution in [3.63, 3.8) is 0 Å². The molecule has 5 heteroatoms. The lowest BCUT2D eigenvalue weighted by Crippen LogP contribution is -2.27.